The molecular formula is C25H23ClO3. The van der Waals surface area contributed by atoms with Crippen molar-refractivity contribution in [1.29, 1.82) is 0 Å². The van der Waals surface area contributed by atoms with Gasteiger partial charge >= 0.3 is 5.97 Å². The summed E-state index contributed by atoms with van der Waals surface area (Å²) in [6, 6.07) is 24.8. The number of carbonyl (C=O) groups excluding carboxylic acids is 1. The van der Waals surface area contributed by atoms with Gasteiger partial charge < -0.3 is 9.47 Å². The van der Waals surface area contributed by atoms with Gasteiger partial charge in [0.05, 0.1) is 5.41 Å². The van der Waals surface area contributed by atoms with Gasteiger partial charge in [-0.1, -0.05) is 66.9 Å². The summed E-state index contributed by atoms with van der Waals surface area (Å²) in [5.74, 6) is 1.33. The topological polar surface area (TPSA) is 35.5 Å². The third-order valence-corrected chi connectivity index (χ3v) is 5.74. The van der Waals surface area contributed by atoms with Crippen LogP contribution in [0.5, 0.6) is 11.5 Å². The van der Waals surface area contributed by atoms with Crippen LogP contribution in [-0.4, -0.2) is 5.97 Å². The van der Waals surface area contributed by atoms with Crippen LogP contribution in [0, 0.1) is 0 Å². The summed E-state index contributed by atoms with van der Waals surface area (Å²) < 4.78 is 11.7. The standard InChI is InChI=1S/C25H23ClO3/c26-21-13-11-20(12-14-21)25(15-4-5-16-25)24(27)28-18-19-7-6-10-23(17-19)29-22-8-2-1-3-9-22/h1-3,6-14,17H,4-5,15-16,18H2. The van der Waals surface area contributed by atoms with Crippen LogP contribution in [0.1, 0.15) is 36.8 Å². The number of halogens is 1. The van der Waals surface area contributed by atoms with Crippen LogP contribution < -0.4 is 4.74 Å². The van der Waals surface area contributed by atoms with E-state index >= 15 is 0 Å². The number of rotatable bonds is 6. The average Bonchev–Trinajstić information content (AvgIpc) is 3.25. The minimum absolute atomic E-state index is 0.160. The molecule has 1 aliphatic carbocycles. The Kier molecular flexibility index (Phi) is 5.86. The lowest BCUT2D eigenvalue weighted by molar-refractivity contribution is -0.152. The van der Waals surface area contributed by atoms with E-state index in [-0.39, 0.29) is 12.6 Å². The largest absolute Gasteiger partial charge is 0.460 e. The van der Waals surface area contributed by atoms with Crippen molar-refractivity contribution in [3.8, 4) is 11.5 Å². The lowest BCUT2D eigenvalue weighted by Gasteiger charge is -2.27. The van der Waals surface area contributed by atoms with E-state index < -0.39 is 5.41 Å². The average molecular weight is 407 g/mol. The summed E-state index contributed by atoms with van der Waals surface area (Å²) >= 11 is 6.03. The highest BCUT2D eigenvalue weighted by Crippen LogP contribution is 2.42. The number of hydrogen-bond acceptors (Lipinski definition) is 3. The molecule has 0 saturated heterocycles. The highest BCUT2D eigenvalue weighted by molar-refractivity contribution is 6.30. The van der Waals surface area contributed by atoms with E-state index in [9.17, 15) is 4.79 Å². The molecular weight excluding hydrogens is 384 g/mol. The second kappa shape index (κ2) is 8.71. The minimum atomic E-state index is -0.567. The quantitative estimate of drug-likeness (QED) is 0.428. The number of benzene rings is 3. The second-order valence-electron chi connectivity index (χ2n) is 7.43. The van der Waals surface area contributed by atoms with E-state index in [2.05, 4.69) is 0 Å². The molecule has 0 amide bonds. The van der Waals surface area contributed by atoms with Crippen LogP contribution in [0.15, 0.2) is 78.9 Å². The Morgan fingerprint density at radius 1 is 0.862 bits per heavy atom. The number of hydrogen-bond donors (Lipinski definition) is 0. The Morgan fingerprint density at radius 3 is 2.28 bits per heavy atom. The first-order valence-corrected chi connectivity index (χ1v) is 10.3. The highest BCUT2D eigenvalue weighted by atomic mass is 35.5. The third kappa shape index (κ3) is 4.46. The predicted octanol–water partition coefficient (Wildman–Crippen LogP) is 6.69. The lowest BCUT2D eigenvalue weighted by Crippen LogP contribution is -2.34. The summed E-state index contributed by atoms with van der Waals surface area (Å²) in [7, 11) is 0. The molecule has 3 aromatic carbocycles. The summed E-state index contributed by atoms with van der Waals surface area (Å²) in [6.07, 6.45) is 3.67. The van der Waals surface area contributed by atoms with Crippen molar-refractivity contribution < 1.29 is 14.3 Å². The van der Waals surface area contributed by atoms with Gasteiger partial charge in [-0.05, 0) is 60.4 Å². The minimum Gasteiger partial charge on any atom is -0.460 e. The van der Waals surface area contributed by atoms with Crippen molar-refractivity contribution in [2.45, 2.75) is 37.7 Å². The molecule has 0 radical (unpaired) electrons. The van der Waals surface area contributed by atoms with Crippen LogP contribution in [-0.2, 0) is 21.6 Å². The first-order chi connectivity index (χ1) is 14.2. The maximum absolute atomic E-state index is 13.1. The summed E-state index contributed by atoms with van der Waals surface area (Å²) in [6.45, 7) is 0.222. The smallest absolute Gasteiger partial charge is 0.316 e. The van der Waals surface area contributed by atoms with Crippen LogP contribution >= 0.6 is 11.6 Å². The van der Waals surface area contributed by atoms with Gasteiger partial charge in [-0.15, -0.1) is 0 Å². The molecule has 0 atom stereocenters. The molecule has 0 unspecified atom stereocenters. The first kappa shape index (κ1) is 19.5. The Labute approximate surface area is 176 Å². The SMILES string of the molecule is O=C(OCc1cccc(Oc2ccccc2)c1)C1(c2ccc(Cl)cc2)CCCC1. The number of para-hydroxylation sites is 1. The Hall–Kier alpha value is -2.78. The Morgan fingerprint density at radius 2 is 1.55 bits per heavy atom. The molecule has 3 nitrogen and oxygen atoms in total. The summed E-state index contributed by atoms with van der Waals surface area (Å²) in [4.78, 5) is 13.1. The lowest BCUT2D eigenvalue weighted by atomic mass is 9.79. The van der Waals surface area contributed by atoms with Crippen LogP contribution in [0.4, 0.5) is 0 Å². The van der Waals surface area contributed by atoms with Gasteiger partial charge in [-0.2, -0.15) is 0 Å². The molecule has 3 aromatic rings. The van der Waals surface area contributed by atoms with E-state index in [4.69, 9.17) is 21.1 Å². The van der Waals surface area contributed by atoms with Gasteiger partial charge in [0.15, 0.2) is 0 Å². The maximum atomic E-state index is 13.1. The van der Waals surface area contributed by atoms with Crippen molar-refractivity contribution >= 4 is 17.6 Å². The summed E-state index contributed by atoms with van der Waals surface area (Å²) in [5.41, 5.74) is 1.32. The van der Waals surface area contributed by atoms with Crippen molar-refractivity contribution in [3.63, 3.8) is 0 Å². The van der Waals surface area contributed by atoms with Gasteiger partial charge in [0, 0.05) is 5.02 Å². The number of carbonyl (C=O) groups is 1. The van der Waals surface area contributed by atoms with Crippen LogP contribution in [0.2, 0.25) is 5.02 Å². The molecule has 0 spiro atoms. The molecule has 4 heteroatoms. The van der Waals surface area contributed by atoms with E-state index in [1.807, 2.05) is 78.9 Å². The zero-order valence-electron chi connectivity index (χ0n) is 16.1. The van der Waals surface area contributed by atoms with Gasteiger partial charge in [0.1, 0.15) is 18.1 Å². The van der Waals surface area contributed by atoms with Gasteiger partial charge in [0.25, 0.3) is 0 Å². The molecule has 0 aliphatic heterocycles. The summed E-state index contributed by atoms with van der Waals surface area (Å²) in [5, 5.41) is 0.672. The number of esters is 1. The Bertz CT molecular complexity index is 961. The molecule has 1 aliphatic rings. The van der Waals surface area contributed by atoms with E-state index in [1.165, 1.54) is 0 Å². The van der Waals surface area contributed by atoms with Crippen molar-refractivity contribution in [1.82, 2.24) is 0 Å². The van der Waals surface area contributed by atoms with E-state index in [1.54, 1.807) is 0 Å². The van der Waals surface area contributed by atoms with Crippen molar-refractivity contribution in [2.24, 2.45) is 0 Å². The zero-order chi connectivity index (χ0) is 20.1. The normalized spacial score (nSPS) is 15.1. The number of ether oxygens (including phenoxy) is 2. The molecule has 0 heterocycles. The van der Waals surface area contributed by atoms with Crippen molar-refractivity contribution in [3.05, 3.63) is 95.0 Å². The van der Waals surface area contributed by atoms with Crippen LogP contribution in [0.3, 0.4) is 0 Å². The van der Waals surface area contributed by atoms with Gasteiger partial charge in [0.2, 0.25) is 0 Å². The Balaban J connectivity index is 1.46. The molecule has 1 saturated carbocycles. The highest BCUT2D eigenvalue weighted by Gasteiger charge is 2.44. The fourth-order valence-electron chi connectivity index (χ4n) is 3.97. The van der Waals surface area contributed by atoms with Gasteiger partial charge in [-0.3, -0.25) is 4.79 Å². The monoisotopic (exact) mass is 406 g/mol. The molecule has 0 aromatic heterocycles. The molecule has 1 fully saturated rings. The predicted molar refractivity (Wildman–Crippen MR) is 114 cm³/mol. The van der Waals surface area contributed by atoms with E-state index in [0.29, 0.717) is 5.02 Å². The molecule has 29 heavy (non-hydrogen) atoms. The van der Waals surface area contributed by atoms with E-state index in [0.717, 1.165) is 48.3 Å². The maximum Gasteiger partial charge on any atom is 0.316 e. The molecule has 4 rings (SSSR count). The third-order valence-electron chi connectivity index (χ3n) is 5.49. The molecule has 148 valence electrons. The van der Waals surface area contributed by atoms with Crippen LogP contribution in [0.25, 0.3) is 0 Å². The van der Waals surface area contributed by atoms with Crippen molar-refractivity contribution in [2.75, 3.05) is 0 Å². The first-order valence-electron chi connectivity index (χ1n) is 9.91. The molecule has 0 bridgehead atoms. The zero-order valence-corrected chi connectivity index (χ0v) is 16.9. The molecule has 0 N–H and O–H groups in total. The second-order valence-corrected chi connectivity index (χ2v) is 7.87. The fraction of sp³-hybridized carbons (Fsp3) is 0.240. The van der Waals surface area contributed by atoms with Gasteiger partial charge in [-0.25, -0.2) is 0 Å². The fourth-order valence-corrected chi connectivity index (χ4v) is 4.09.